The van der Waals surface area contributed by atoms with E-state index in [4.69, 9.17) is 11.0 Å². The summed E-state index contributed by atoms with van der Waals surface area (Å²) in [7, 11) is 0. The number of amides is 1. The van der Waals surface area contributed by atoms with Crippen LogP contribution in [-0.4, -0.2) is 5.91 Å². The van der Waals surface area contributed by atoms with E-state index in [9.17, 15) is 4.79 Å². The van der Waals surface area contributed by atoms with Crippen LogP contribution >= 0.6 is 11.3 Å². The van der Waals surface area contributed by atoms with Crippen LogP contribution in [0.3, 0.4) is 0 Å². The van der Waals surface area contributed by atoms with E-state index in [-0.39, 0.29) is 0 Å². The second-order valence-corrected chi connectivity index (χ2v) is 3.28. The first-order valence-electron chi connectivity index (χ1n) is 3.49. The fourth-order valence-corrected chi connectivity index (χ4v) is 1.81. The van der Waals surface area contributed by atoms with Crippen molar-refractivity contribution in [2.75, 3.05) is 0 Å². The van der Waals surface area contributed by atoms with E-state index in [2.05, 4.69) is 0 Å². The minimum atomic E-state index is -0.413. The van der Waals surface area contributed by atoms with Crippen LogP contribution in [0.1, 0.15) is 21.7 Å². The lowest BCUT2D eigenvalue weighted by molar-refractivity contribution is 0.1000. The Kier molecular flexibility index (Phi) is 2.83. The normalized spacial score (nSPS) is 9.25. The van der Waals surface area contributed by atoms with E-state index in [1.807, 2.05) is 11.4 Å². The van der Waals surface area contributed by atoms with Crippen LogP contribution in [0.2, 0.25) is 0 Å². The van der Waals surface area contributed by atoms with Crippen molar-refractivity contribution in [3.63, 3.8) is 0 Å². The van der Waals surface area contributed by atoms with Crippen LogP contribution < -0.4 is 5.73 Å². The topological polar surface area (TPSA) is 66.9 Å². The minimum absolute atomic E-state index is 0.413. The van der Waals surface area contributed by atoms with E-state index in [0.29, 0.717) is 18.4 Å². The van der Waals surface area contributed by atoms with Crippen LogP contribution in [0.4, 0.5) is 0 Å². The zero-order chi connectivity index (χ0) is 8.97. The molecule has 0 saturated heterocycles. The molecule has 0 saturated carbocycles. The van der Waals surface area contributed by atoms with Crippen LogP contribution in [0.15, 0.2) is 11.4 Å². The minimum Gasteiger partial charge on any atom is -0.366 e. The van der Waals surface area contributed by atoms with Crippen molar-refractivity contribution in [3.8, 4) is 6.07 Å². The van der Waals surface area contributed by atoms with Gasteiger partial charge < -0.3 is 5.73 Å². The monoisotopic (exact) mass is 180 g/mol. The predicted octanol–water partition coefficient (Wildman–Crippen LogP) is 1.30. The average Bonchev–Trinajstić information content (AvgIpc) is 2.48. The number of nitriles is 1. The number of primary amides is 1. The van der Waals surface area contributed by atoms with Crippen LogP contribution in [0.5, 0.6) is 0 Å². The molecule has 1 aromatic heterocycles. The highest BCUT2D eigenvalue weighted by Crippen LogP contribution is 2.17. The SMILES string of the molecule is N#CCCc1sccc1C(N)=O. The van der Waals surface area contributed by atoms with Crippen LogP contribution in [0.25, 0.3) is 0 Å². The Morgan fingerprint density at radius 3 is 3.08 bits per heavy atom. The fourth-order valence-electron chi connectivity index (χ4n) is 0.923. The van der Waals surface area contributed by atoms with Gasteiger partial charge in [0.25, 0.3) is 0 Å². The molecule has 1 amide bonds. The van der Waals surface area contributed by atoms with Gasteiger partial charge in [-0.05, 0) is 17.9 Å². The number of carbonyl (C=O) groups is 1. The molecule has 2 N–H and O–H groups in total. The van der Waals surface area contributed by atoms with Gasteiger partial charge in [-0.2, -0.15) is 5.26 Å². The van der Waals surface area contributed by atoms with Crippen molar-refractivity contribution in [2.24, 2.45) is 5.73 Å². The lowest BCUT2D eigenvalue weighted by atomic mass is 10.2. The summed E-state index contributed by atoms with van der Waals surface area (Å²) in [5, 5.41) is 10.1. The first-order chi connectivity index (χ1) is 5.75. The zero-order valence-electron chi connectivity index (χ0n) is 6.41. The summed E-state index contributed by atoms with van der Waals surface area (Å²) in [4.78, 5) is 11.7. The maximum Gasteiger partial charge on any atom is 0.249 e. The van der Waals surface area contributed by atoms with Crippen molar-refractivity contribution in [2.45, 2.75) is 12.8 Å². The largest absolute Gasteiger partial charge is 0.366 e. The van der Waals surface area contributed by atoms with Crippen molar-refractivity contribution >= 4 is 17.2 Å². The summed E-state index contributed by atoms with van der Waals surface area (Å²) in [5.41, 5.74) is 5.67. The Labute approximate surface area is 74.4 Å². The second kappa shape index (κ2) is 3.88. The third kappa shape index (κ3) is 1.83. The number of carbonyl (C=O) groups excluding carboxylic acids is 1. The predicted molar refractivity (Wildman–Crippen MR) is 46.8 cm³/mol. The average molecular weight is 180 g/mol. The summed E-state index contributed by atoms with van der Waals surface area (Å²) in [5.74, 6) is -0.413. The molecular weight excluding hydrogens is 172 g/mol. The van der Waals surface area contributed by atoms with Gasteiger partial charge in [0.05, 0.1) is 11.6 Å². The van der Waals surface area contributed by atoms with Crippen molar-refractivity contribution in [3.05, 3.63) is 21.9 Å². The highest BCUT2D eigenvalue weighted by molar-refractivity contribution is 7.10. The summed E-state index contributed by atoms with van der Waals surface area (Å²) in [6.07, 6.45) is 1.05. The summed E-state index contributed by atoms with van der Waals surface area (Å²) in [6.45, 7) is 0. The molecule has 0 atom stereocenters. The first-order valence-corrected chi connectivity index (χ1v) is 4.37. The number of rotatable bonds is 3. The number of aryl methyl sites for hydroxylation is 1. The van der Waals surface area contributed by atoms with E-state index >= 15 is 0 Å². The molecule has 0 radical (unpaired) electrons. The molecule has 1 aromatic rings. The lowest BCUT2D eigenvalue weighted by Crippen LogP contribution is -2.11. The van der Waals surface area contributed by atoms with Crippen LogP contribution in [-0.2, 0) is 6.42 Å². The van der Waals surface area contributed by atoms with E-state index in [1.54, 1.807) is 6.07 Å². The summed E-state index contributed by atoms with van der Waals surface area (Å²) in [6, 6.07) is 3.72. The van der Waals surface area contributed by atoms with E-state index < -0.39 is 5.91 Å². The molecule has 0 aliphatic rings. The molecule has 1 rings (SSSR count). The Balaban J connectivity index is 2.79. The molecular formula is C8H8N2OS. The standard InChI is InChI=1S/C8H8N2OS/c9-4-1-2-7-6(8(10)11)3-5-12-7/h3,5H,1-2H2,(H2,10,11). The molecule has 0 aliphatic heterocycles. The first kappa shape index (κ1) is 8.75. The Morgan fingerprint density at radius 2 is 2.50 bits per heavy atom. The quantitative estimate of drug-likeness (QED) is 0.761. The Hall–Kier alpha value is -1.34. The number of hydrogen-bond acceptors (Lipinski definition) is 3. The zero-order valence-corrected chi connectivity index (χ0v) is 7.23. The molecule has 0 bridgehead atoms. The van der Waals surface area contributed by atoms with Crippen LogP contribution in [0, 0.1) is 11.3 Å². The fraction of sp³-hybridized carbons (Fsp3) is 0.250. The highest BCUT2D eigenvalue weighted by Gasteiger charge is 2.08. The smallest absolute Gasteiger partial charge is 0.249 e. The third-order valence-electron chi connectivity index (χ3n) is 1.47. The molecule has 0 aromatic carbocycles. The van der Waals surface area contributed by atoms with Crippen molar-refractivity contribution in [1.29, 1.82) is 5.26 Å². The van der Waals surface area contributed by atoms with E-state index in [1.165, 1.54) is 11.3 Å². The van der Waals surface area contributed by atoms with Crippen molar-refractivity contribution in [1.82, 2.24) is 0 Å². The maximum atomic E-state index is 10.8. The molecule has 0 unspecified atom stereocenters. The lowest BCUT2D eigenvalue weighted by Gasteiger charge is -1.94. The number of nitrogens with two attached hydrogens (primary N) is 1. The number of thiophene rings is 1. The third-order valence-corrected chi connectivity index (χ3v) is 2.46. The maximum absolute atomic E-state index is 10.8. The van der Waals surface area contributed by atoms with E-state index in [0.717, 1.165) is 4.88 Å². The summed E-state index contributed by atoms with van der Waals surface area (Å²) >= 11 is 1.47. The van der Waals surface area contributed by atoms with Gasteiger partial charge in [0.2, 0.25) is 5.91 Å². The molecule has 0 fully saturated rings. The molecule has 12 heavy (non-hydrogen) atoms. The molecule has 0 aliphatic carbocycles. The van der Waals surface area contributed by atoms with Crippen molar-refractivity contribution < 1.29 is 4.79 Å². The van der Waals surface area contributed by atoms with Gasteiger partial charge >= 0.3 is 0 Å². The molecule has 62 valence electrons. The highest BCUT2D eigenvalue weighted by atomic mass is 32.1. The van der Waals surface area contributed by atoms with Gasteiger partial charge in [0, 0.05) is 11.3 Å². The number of nitrogens with zero attached hydrogens (tertiary/aromatic N) is 1. The van der Waals surface area contributed by atoms with Gasteiger partial charge in [-0.15, -0.1) is 11.3 Å². The van der Waals surface area contributed by atoms with Gasteiger partial charge in [-0.3, -0.25) is 4.79 Å². The Morgan fingerprint density at radius 1 is 1.75 bits per heavy atom. The van der Waals surface area contributed by atoms with Gasteiger partial charge in [-0.1, -0.05) is 0 Å². The Bertz CT molecular complexity index is 324. The molecule has 4 heteroatoms. The van der Waals surface area contributed by atoms with Gasteiger partial charge in [0.1, 0.15) is 0 Å². The van der Waals surface area contributed by atoms with Gasteiger partial charge in [0.15, 0.2) is 0 Å². The molecule has 3 nitrogen and oxygen atoms in total. The molecule has 1 heterocycles. The second-order valence-electron chi connectivity index (χ2n) is 2.28. The molecule has 0 spiro atoms. The van der Waals surface area contributed by atoms with Gasteiger partial charge in [-0.25, -0.2) is 0 Å². The summed E-state index contributed by atoms with van der Waals surface area (Å²) < 4.78 is 0. The number of hydrogen-bond donors (Lipinski definition) is 1.